The third-order valence-corrected chi connectivity index (χ3v) is 3.81. The molecule has 2 rings (SSSR count). The van der Waals surface area contributed by atoms with Crippen molar-refractivity contribution < 1.29 is 0 Å². The summed E-state index contributed by atoms with van der Waals surface area (Å²) in [5.74, 6) is 0. The Morgan fingerprint density at radius 1 is 1.11 bits per heavy atom. The lowest BCUT2D eigenvalue weighted by atomic mass is 10.0. The van der Waals surface area contributed by atoms with Gasteiger partial charge in [-0.15, -0.1) is 0 Å². The number of para-hydroxylation sites is 1. The molecule has 1 unspecified atom stereocenters. The summed E-state index contributed by atoms with van der Waals surface area (Å²) in [6.45, 7) is 4.13. The topological polar surface area (TPSA) is 29.3 Å². The van der Waals surface area contributed by atoms with Gasteiger partial charge in [-0.1, -0.05) is 34.1 Å². The van der Waals surface area contributed by atoms with Crippen molar-refractivity contribution in [1.82, 2.24) is 0 Å². The number of hydrogen-bond donors (Lipinski definition) is 1. The number of nitrogens with zero attached hydrogens (tertiary/aromatic N) is 1. The van der Waals surface area contributed by atoms with E-state index in [1.807, 2.05) is 6.92 Å². The van der Waals surface area contributed by atoms with E-state index in [2.05, 4.69) is 77.3 Å². The van der Waals surface area contributed by atoms with E-state index in [0.29, 0.717) is 0 Å². The molecule has 100 valence electrons. The van der Waals surface area contributed by atoms with Crippen LogP contribution in [0.2, 0.25) is 0 Å². The van der Waals surface area contributed by atoms with Crippen LogP contribution < -0.4 is 10.6 Å². The fraction of sp³-hybridized carbons (Fsp3) is 0.250. The molecule has 1 atom stereocenters. The van der Waals surface area contributed by atoms with Crippen molar-refractivity contribution in [1.29, 1.82) is 0 Å². The lowest BCUT2D eigenvalue weighted by Crippen LogP contribution is -2.16. The summed E-state index contributed by atoms with van der Waals surface area (Å²) in [6, 6.07) is 14.6. The monoisotopic (exact) mass is 318 g/mol. The van der Waals surface area contributed by atoms with Gasteiger partial charge in [0.05, 0.1) is 0 Å². The fourth-order valence-corrected chi connectivity index (χ4v) is 2.64. The lowest BCUT2D eigenvalue weighted by molar-refractivity contribution is 0.814. The highest BCUT2D eigenvalue weighted by atomic mass is 79.9. The van der Waals surface area contributed by atoms with Gasteiger partial charge in [0.2, 0.25) is 0 Å². The van der Waals surface area contributed by atoms with Gasteiger partial charge in [0.25, 0.3) is 0 Å². The van der Waals surface area contributed by atoms with Gasteiger partial charge in [-0.3, -0.25) is 0 Å². The third-order valence-electron chi connectivity index (χ3n) is 3.32. The molecule has 0 saturated heterocycles. The zero-order valence-corrected chi connectivity index (χ0v) is 13.1. The van der Waals surface area contributed by atoms with Crippen LogP contribution in [0.1, 0.15) is 24.1 Å². The second-order valence-electron chi connectivity index (χ2n) is 4.84. The minimum absolute atomic E-state index is 0.000955. The highest BCUT2D eigenvalue weighted by molar-refractivity contribution is 9.10. The Bertz CT molecular complexity index is 579. The standard InChI is InChI=1S/C16H19BrN2/c1-11-6-4-5-7-15(11)19(3)16-9-8-13(17)10-14(16)12(2)18/h4-10,12H,18H2,1-3H3. The average molecular weight is 319 g/mol. The Kier molecular flexibility index (Phi) is 4.27. The van der Waals surface area contributed by atoms with Gasteiger partial charge in [0, 0.05) is 28.9 Å². The summed E-state index contributed by atoms with van der Waals surface area (Å²) < 4.78 is 1.06. The first kappa shape index (κ1) is 14.1. The van der Waals surface area contributed by atoms with Crippen LogP contribution in [0.25, 0.3) is 0 Å². The minimum Gasteiger partial charge on any atom is -0.344 e. The van der Waals surface area contributed by atoms with Gasteiger partial charge in [0.1, 0.15) is 0 Å². The molecule has 3 heteroatoms. The van der Waals surface area contributed by atoms with Gasteiger partial charge >= 0.3 is 0 Å². The normalized spacial score (nSPS) is 12.3. The number of anilines is 2. The zero-order valence-electron chi connectivity index (χ0n) is 11.5. The van der Waals surface area contributed by atoms with Gasteiger partial charge in [-0.25, -0.2) is 0 Å². The molecule has 2 aromatic carbocycles. The predicted molar refractivity (Wildman–Crippen MR) is 86.0 cm³/mol. The largest absolute Gasteiger partial charge is 0.344 e. The van der Waals surface area contributed by atoms with Crippen LogP contribution in [0.15, 0.2) is 46.9 Å². The van der Waals surface area contributed by atoms with Crippen molar-refractivity contribution >= 4 is 27.3 Å². The molecule has 2 aromatic rings. The number of halogens is 1. The van der Waals surface area contributed by atoms with Gasteiger partial charge in [-0.2, -0.15) is 0 Å². The smallest absolute Gasteiger partial charge is 0.0457 e. The molecular weight excluding hydrogens is 300 g/mol. The first-order chi connectivity index (χ1) is 9.00. The van der Waals surface area contributed by atoms with Crippen LogP contribution in [-0.4, -0.2) is 7.05 Å². The van der Waals surface area contributed by atoms with E-state index in [9.17, 15) is 0 Å². The second kappa shape index (κ2) is 5.76. The van der Waals surface area contributed by atoms with E-state index in [0.717, 1.165) is 15.7 Å². The number of rotatable bonds is 3. The maximum atomic E-state index is 6.09. The molecule has 0 spiro atoms. The maximum Gasteiger partial charge on any atom is 0.0457 e. The number of benzene rings is 2. The predicted octanol–water partition coefficient (Wildman–Crippen LogP) is 4.55. The van der Waals surface area contributed by atoms with Crippen LogP contribution in [0, 0.1) is 6.92 Å². The minimum atomic E-state index is -0.000955. The number of nitrogens with two attached hydrogens (primary N) is 1. The Morgan fingerprint density at radius 3 is 2.42 bits per heavy atom. The summed E-state index contributed by atoms with van der Waals surface area (Å²) in [5.41, 5.74) is 10.8. The molecule has 0 bridgehead atoms. The molecule has 0 amide bonds. The Labute approximate surface area is 123 Å². The van der Waals surface area contributed by atoms with E-state index in [1.54, 1.807) is 0 Å². The first-order valence-electron chi connectivity index (χ1n) is 6.35. The van der Waals surface area contributed by atoms with E-state index in [4.69, 9.17) is 5.73 Å². The van der Waals surface area contributed by atoms with Crippen LogP contribution in [-0.2, 0) is 0 Å². The summed E-state index contributed by atoms with van der Waals surface area (Å²) in [4.78, 5) is 2.19. The van der Waals surface area contributed by atoms with E-state index in [1.165, 1.54) is 11.3 Å². The van der Waals surface area contributed by atoms with Gasteiger partial charge < -0.3 is 10.6 Å². The van der Waals surface area contributed by atoms with Crippen LogP contribution in [0.3, 0.4) is 0 Å². The Hall–Kier alpha value is -1.32. The molecule has 0 aliphatic carbocycles. The highest BCUT2D eigenvalue weighted by Gasteiger charge is 2.13. The molecule has 0 saturated carbocycles. The maximum absolute atomic E-state index is 6.09. The Morgan fingerprint density at radius 2 is 1.79 bits per heavy atom. The molecule has 2 N–H and O–H groups in total. The molecular formula is C16H19BrN2. The molecule has 0 aromatic heterocycles. The van der Waals surface area contributed by atoms with Crippen LogP contribution in [0.4, 0.5) is 11.4 Å². The highest BCUT2D eigenvalue weighted by Crippen LogP contribution is 2.33. The van der Waals surface area contributed by atoms with Gasteiger partial charge in [0.15, 0.2) is 0 Å². The zero-order chi connectivity index (χ0) is 14.0. The summed E-state index contributed by atoms with van der Waals surface area (Å²) in [7, 11) is 2.08. The second-order valence-corrected chi connectivity index (χ2v) is 5.75. The molecule has 0 heterocycles. The number of hydrogen-bond acceptors (Lipinski definition) is 2. The fourth-order valence-electron chi connectivity index (χ4n) is 2.27. The van der Waals surface area contributed by atoms with Crippen LogP contribution in [0.5, 0.6) is 0 Å². The molecule has 2 nitrogen and oxygen atoms in total. The van der Waals surface area contributed by atoms with Crippen molar-refractivity contribution in [2.75, 3.05) is 11.9 Å². The molecule has 0 radical (unpaired) electrons. The first-order valence-corrected chi connectivity index (χ1v) is 7.14. The third kappa shape index (κ3) is 2.99. The summed E-state index contributed by atoms with van der Waals surface area (Å²) in [5, 5.41) is 0. The molecule has 0 fully saturated rings. The SMILES string of the molecule is Cc1ccccc1N(C)c1ccc(Br)cc1C(C)N. The van der Waals surface area contributed by atoms with Crippen molar-refractivity contribution in [3.8, 4) is 0 Å². The Balaban J connectivity index is 2.50. The summed E-state index contributed by atoms with van der Waals surface area (Å²) >= 11 is 3.51. The lowest BCUT2D eigenvalue weighted by Gasteiger charge is -2.25. The quantitative estimate of drug-likeness (QED) is 0.899. The van der Waals surface area contributed by atoms with Gasteiger partial charge in [-0.05, 0) is 49.2 Å². The number of aryl methyl sites for hydroxylation is 1. The van der Waals surface area contributed by atoms with Crippen molar-refractivity contribution in [3.63, 3.8) is 0 Å². The van der Waals surface area contributed by atoms with Crippen molar-refractivity contribution in [3.05, 3.63) is 58.1 Å². The van der Waals surface area contributed by atoms with E-state index < -0.39 is 0 Å². The molecule has 0 aliphatic heterocycles. The molecule has 19 heavy (non-hydrogen) atoms. The van der Waals surface area contributed by atoms with E-state index in [-0.39, 0.29) is 6.04 Å². The van der Waals surface area contributed by atoms with E-state index >= 15 is 0 Å². The summed E-state index contributed by atoms with van der Waals surface area (Å²) in [6.07, 6.45) is 0. The van der Waals surface area contributed by atoms with Crippen molar-refractivity contribution in [2.45, 2.75) is 19.9 Å². The van der Waals surface area contributed by atoms with Crippen molar-refractivity contribution in [2.24, 2.45) is 5.73 Å². The molecule has 0 aliphatic rings. The average Bonchev–Trinajstić information content (AvgIpc) is 2.38. The van der Waals surface area contributed by atoms with Crippen LogP contribution >= 0.6 is 15.9 Å².